The summed E-state index contributed by atoms with van der Waals surface area (Å²) in [6, 6.07) is 15.4. The number of hydrogen-bond acceptors (Lipinski definition) is 5. The van der Waals surface area contributed by atoms with Crippen LogP contribution in [0.4, 0.5) is 14.9 Å². The summed E-state index contributed by atoms with van der Waals surface area (Å²) in [5.74, 6) is -0.0521. The van der Waals surface area contributed by atoms with Crippen molar-refractivity contribution in [3.05, 3.63) is 87.7 Å². The highest BCUT2D eigenvalue weighted by Gasteiger charge is 2.49. The van der Waals surface area contributed by atoms with Crippen molar-refractivity contribution in [1.29, 1.82) is 5.26 Å². The summed E-state index contributed by atoms with van der Waals surface area (Å²) in [5, 5.41) is 15.4. The maximum atomic E-state index is 17.0. The highest BCUT2D eigenvalue weighted by atomic mass is 35.5. The third kappa shape index (κ3) is 4.76. The second-order valence-electron chi connectivity index (χ2n) is 13.1. The van der Waals surface area contributed by atoms with E-state index in [2.05, 4.69) is 33.9 Å². The number of nitrogens with one attached hydrogen (secondary N) is 1. The molecule has 4 atom stereocenters. The van der Waals surface area contributed by atoms with Gasteiger partial charge in [0.15, 0.2) is 5.82 Å². The number of amides is 2. The van der Waals surface area contributed by atoms with E-state index in [0.717, 1.165) is 41.7 Å². The van der Waals surface area contributed by atoms with Crippen molar-refractivity contribution in [3.63, 3.8) is 0 Å². The van der Waals surface area contributed by atoms with Crippen molar-refractivity contribution in [2.24, 2.45) is 5.92 Å². The Bertz CT molecular complexity index is 2130. The number of pyridine rings is 2. The summed E-state index contributed by atoms with van der Waals surface area (Å²) in [5.41, 5.74) is 5.19. The minimum atomic E-state index is -0.481. The van der Waals surface area contributed by atoms with E-state index < -0.39 is 5.82 Å². The highest BCUT2D eigenvalue weighted by Crippen LogP contribution is 2.50. The number of nitriles is 1. The summed E-state index contributed by atoms with van der Waals surface area (Å²) in [6.07, 6.45) is 5.88. The third-order valence-corrected chi connectivity index (χ3v) is 11.4. The van der Waals surface area contributed by atoms with Gasteiger partial charge in [-0.15, -0.1) is 0 Å². The van der Waals surface area contributed by atoms with E-state index in [-0.39, 0.29) is 41.1 Å². The lowest BCUT2D eigenvalue weighted by atomic mass is 9.79. The number of benzene rings is 2. The van der Waals surface area contributed by atoms with Gasteiger partial charge < -0.3 is 14.8 Å². The molecule has 48 heavy (non-hydrogen) atoms. The van der Waals surface area contributed by atoms with E-state index in [0.29, 0.717) is 58.2 Å². The van der Waals surface area contributed by atoms with Gasteiger partial charge in [0.25, 0.3) is 0 Å². The number of carbonyl (C=O) groups is 1. The number of rotatable bonds is 7. The van der Waals surface area contributed by atoms with E-state index in [1.165, 1.54) is 0 Å². The molecule has 2 bridgehead atoms. The fourth-order valence-corrected chi connectivity index (χ4v) is 8.59. The van der Waals surface area contributed by atoms with Crippen LogP contribution in [-0.2, 0) is 6.42 Å². The lowest BCUT2D eigenvalue weighted by Gasteiger charge is -2.42. The molecule has 1 N–H and O–H groups in total. The summed E-state index contributed by atoms with van der Waals surface area (Å²) in [7, 11) is 0. The molecule has 3 aromatic heterocycles. The van der Waals surface area contributed by atoms with Crippen LogP contribution in [-0.4, -0.2) is 51.1 Å². The van der Waals surface area contributed by atoms with Crippen LogP contribution in [0.25, 0.3) is 32.9 Å². The van der Waals surface area contributed by atoms with Gasteiger partial charge in [0.1, 0.15) is 5.52 Å². The van der Waals surface area contributed by atoms with Crippen molar-refractivity contribution in [2.75, 3.05) is 24.5 Å². The molecule has 3 aliphatic heterocycles. The van der Waals surface area contributed by atoms with Gasteiger partial charge in [0, 0.05) is 83.5 Å². The van der Waals surface area contributed by atoms with Crippen LogP contribution in [0.5, 0.6) is 0 Å². The quantitative estimate of drug-likeness (QED) is 0.186. The van der Waals surface area contributed by atoms with Crippen molar-refractivity contribution in [2.45, 2.75) is 57.7 Å². The molecule has 0 unspecified atom stereocenters. The molecule has 5 aromatic rings. The van der Waals surface area contributed by atoms with Crippen LogP contribution in [0.15, 0.2) is 54.9 Å². The fourth-order valence-electron chi connectivity index (χ4n) is 8.19. The molecule has 1 aliphatic carbocycles. The largest absolute Gasteiger partial charge is 0.337 e. The minimum Gasteiger partial charge on any atom is -0.337 e. The molecule has 3 saturated heterocycles. The van der Waals surface area contributed by atoms with Crippen molar-refractivity contribution < 1.29 is 9.18 Å². The molecule has 4 fully saturated rings. The molecule has 4 aliphatic rings. The van der Waals surface area contributed by atoms with E-state index in [1.54, 1.807) is 30.6 Å². The predicted octanol–water partition coefficient (Wildman–Crippen LogP) is 8.39. The van der Waals surface area contributed by atoms with Gasteiger partial charge in [-0.1, -0.05) is 35.3 Å². The maximum Gasteiger partial charge on any atom is 0.325 e. The topological polar surface area (TPSA) is 90.1 Å². The monoisotopic (exact) mass is 681 g/mol. The Morgan fingerprint density at radius 1 is 1.15 bits per heavy atom. The number of aryl methyl sites for hydroxylation is 2. The second-order valence-corrected chi connectivity index (χ2v) is 13.9. The standard InChI is InChI=1S/C37H34Cl2FN7O/c1-20-26-18-30(21(2)45-14-5-15-46(37(45)48)24-9-12-42-13-10-24)47(35-23-17-29(35)43-19-23)36(26)27-16-22(6-4-11-41)31(33(40)34(27)44-20)25-7-3-8-28(38)32(25)39/h3,7-10,12-13,16,18,21,23,29,35,43H,4-6,14-15,17,19H2,1-2H3/t21-,23-,29-,35+/m1/s1. The zero-order valence-corrected chi connectivity index (χ0v) is 28.2. The first-order valence-electron chi connectivity index (χ1n) is 16.5. The first-order chi connectivity index (χ1) is 23.3. The molecule has 1 saturated carbocycles. The van der Waals surface area contributed by atoms with E-state index in [9.17, 15) is 10.1 Å². The predicted molar refractivity (Wildman–Crippen MR) is 187 cm³/mol. The average molecular weight is 683 g/mol. The Morgan fingerprint density at radius 2 is 1.96 bits per heavy atom. The fraction of sp³-hybridized carbons (Fsp3) is 0.351. The first kappa shape index (κ1) is 31.1. The van der Waals surface area contributed by atoms with Gasteiger partial charge in [-0.2, -0.15) is 5.26 Å². The normalized spacial score (nSPS) is 21.2. The Balaban J connectivity index is 1.35. The van der Waals surface area contributed by atoms with Crippen LogP contribution in [0.1, 0.15) is 55.2 Å². The lowest BCUT2D eigenvalue weighted by molar-refractivity contribution is 0.165. The van der Waals surface area contributed by atoms with Gasteiger partial charge in [-0.3, -0.25) is 9.88 Å². The lowest BCUT2D eigenvalue weighted by Crippen LogP contribution is -2.51. The van der Waals surface area contributed by atoms with Crippen molar-refractivity contribution >= 4 is 56.7 Å². The van der Waals surface area contributed by atoms with Crippen LogP contribution in [0.2, 0.25) is 10.0 Å². The summed E-state index contributed by atoms with van der Waals surface area (Å²) in [6.45, 7) is 6.20. The molecule has 8 nitrogen and oxygen atoms in total. The summed E-state index contributed by atoms with van der Waals surface area (Å²) < 4.78 is 19.4. The number of carbonyl (C=O) groups excluding carboxylic acids is 1. The van der Waals surface area contributed by atoms with Gasteiger partial charge in [0.05, 0.1) is 33.7 Å². The second kappa shape index (κ2) is 12.0. The molecule has 9 rings (SSSR count). The van der Waals surface area contributed by atoms with Gasteiger partial charge in [-0.25, -0.2) is 14.2 Å². The van der Waals surface area contributed by atoms with Crippen LogP contribution < -0.4 is 10.2 Å². The van der Waals surface area contributed by atoms with Crippen molar-refractivity contribution in [1.82, 2.24) is 24.8 Å². The number of hydrogen-bond donors (Lipinski definition) is 1. The Hall–Kier alpha value is -4.23. The van der Waals surface area contributed by atoms with Crippen LogP contribution in [0, 0.1) is 30.0 Å². The Kier molecular flexibility index (Phi) is 7.78. The van der Waals surface area contributed by atoms with Gasteiger partial charge in [-0.05, 0) is 74.9 Å². The minimum absolute atomic E-state index is 0.0426. The average Bonchev–Trinajstić information content (AvgIpc) is 3.83. The van der Waals surface area contributed by atoms with Crippen LogP contribution in [0.3, 0.4) is 0 Å². The molecule has 2 amide bonds. The number of fused-ring (bicyclic) bond motifs is 4. The van der Waals surface area contributed by atoms with Gasteiger partial charge in [0.2, 0.25) is 0 Å². The molecular weight excluding hydrogens is 648 g/mol. The smallest absolute Gasteiger partial charge is 0.325 e. The highest BCUT2D eigenvalue weighted by molar-refractivity contribution is 6.43. The van der Waals surface area contributed by atoms with E-state index in [1.807, 2.05) is 34.9 Å². The van der Waals surface area contributed by atoms with Gasteiger partial charge >= 0.3 is 6.03 Å². The maximum absolute atomic E-state index is 17.0. The van der Waals surface area contributed by atoms with Crippen molar-refractivity contribution in [3.8, 4) is 17.2 Å². The number of anilines is 1. The molecule has 2 aromatic carbocycles. The molecule has 0 radical (unpaired) electrons. The summed E-state index contributed by atoms with van der Waals surface area (Å²) >= 11 is 13.0. The molecule has 6 heterocycles. The molecule has 0 spiro atoms. The first-order valence-corrected chi connectivity index (χ1v) is 17.2. The SMILES string of the molecule is Cc1nc2c(F)c(-c3cccc(Cl)c3Cl)c(CCC#N)cc2c2c1cc([C@@H](C)N1CCCN(c3ccncc3)C1=O)n2[C@H]1[C@H]2CN[C@@H]1C2. The number of nitrogens with zero attached hydrogens (tertiary/aromatic N) is 6. The zero-order valence-electron chi connectivity index (χ0n) is 26.7. The van der Waals surface area contributed by atoms with E-state index >= 15 is 4.39 Å². The Morgan fingerprint density at radius 3 is 2.69 bits per heavy atom. The third-order valence-electron chi connectivity index (χ3n) is 10.6. The molecular formula is C37H34Cl2FN7O. The zero-order chi connectivity index (χ0) is 33.3. The molecule has 11 heteroatoms. The Labute approximate surface area is 288 Å². The number of aromatic nitrogens is 3. The number of urea groups is 1. The van der Waals surface area contributed by atoms with Crippen LogP contribution >= 0.6 is 23.2 Å². The number of halogens is 3. The van der Waals surface area contributed by atoms with E-state index in [4.69, 9.17) is 28.2 Å². The molecule has 244 valence electrons. The summed E-state index contributed by atoms with van der Waals surface area (Å²) in [4.78, 5) is 26.8.